The Kier molecular flexibility index (Phi) is 8.73. The summed E-state index contributed by atoms with van der Waals surface area (Å²) < 4.78 is 12.8. The third kappa shape index (κ3) is 6.69. The standard InChI is InChI=1S/C39H34N3O6P/c43-37(27-18-20-42(21-19-27)39(45)30-17-16-25-8-1-2-10-28(25)22-30)41-35-24-31(23-29-11-4-6-14-33(29)35)40-38(44)36(49(46,47)48)34-15-7-12-26-9-3-5-13-32(26)34/h1-17,22-24,27,36H,18-21H2,(H,40,44)(H,41,43)(H2,46,47,48). The zero-order valence-electron chi connectivity index (χ0n) is 26.5. The molecular formula is C39H34N3O6P. The molecular weight excluding hydrogens is 637 g/mol. The summed E-state index contributed by atoms with van der Waals surface area (Å²) in [7, 11) is -4.95. The van der Waals surface area contributed by atoms with E-state index in [2.05, 4.69) is 10.6 Å². The van der Waals surface area contributed by atoms with Crippen LogP contribution in [0.15, 0.2) is 121 Å². The molecule has 0 radical (unpaired) electrons. The van der Waals surface area contributed by atoms with Crippen LogP contribution in [0.25, 0.3) is 32.3 Å². The van der Waals surface area contributed by atoms with E-state index in [4.69, 9.17) is 0 Å². The van der Waals surface area contributed by atoms with E-state index in [1.54, 1.807) is 41.3 Å². The number of rotatable bonds is 7. The number of benzene rings is 6. The van der Waals surface area contributed by atoms with Gasteiger partial charge >= 0.3 is 7.60 Å². The lowest BCUT2D eigenvalue weighted by atomic mass is 9.94. The van der Waals surface area contributed by atoms with Gasteiger partial charge in [-0.3, -0.25) is 18.9 Å². The van der Waals surface area contributed by atoms with Crippen LogP contribution in [0.3, 0.4) is 0 Å². The summed E-state index contributed by atoms with van der Waals surface area (Å²) in [5.41, 5.74) is -0.151. The SMILES string of the molecule is O=C(Nc1cc(NC(=O)C(c2cccc3ccccc23)P(=O)(O)O)cc2ccccc12)C1CCN(C(=O)c2ccc3ccccc3c2)CC1. The van der Waals surface area contributed by atoms with Crippen molar-refractivity contribution in [3.63, 3.8) is 0 Å². The Morgan fingerprint density at radius 3 is 2.04 bits per heavy atom. The van der Waals surface area contributed by atoms with Gasteiger partial charge in [-0.05, 0) is 69.6 Å². The summed E-state index contributed by atoms with van der Waals surface area (Å²) >= 11 is 0. The minimum Gasteiger partial charge on any atom is -0.339 e. The van der Waals surface area contributed by atoms with Gasteiger partial charge in [0.1, 0.15) is 0 Å². The van der Waals surface area contributed by atoms with Gasteiger partial charge in [0.15, 0.2) is 5.66 Å². The van der Waals surface area contributed by atoms with E-state index < -0.39 is 19.2 Å². The maximum Gasteiger partial charge on any atom is 0.342 e. The van der Waals surface area contributed by atoms with E-state index in [9.17, 15) is 28.7 Å². The predicted molar refractivity (Wildman–Crippen MR) is 193 cm³/mol. The van der Waals surface area contributed by atoms with Crippen molar-refractivity contribution >= 4 is 69.0 Å². The number of anilines is 2. The van der Waals surface area contributed by atoms with Gasteiger partial charge in [0.25, 0.3) is 5.91 Å². The molecule has 4 N–H and O–H groups in total. The summed E-state index contributed by atoms with van der Waals surface area (Å²) in [6, 6.07) is 36.4. The third-order valence-electron chi connectivity index (χ3n) is 9.24. The zero-order chi connectivity index (χ0) is 34.1. The molecule has 0 aliphatic carbocycles. The molecule has 1 atom stereocenters. The van der Waals surface area contributed by atoms with Crippen molar-refractivity contribution in [3.05, 3.63) is 132 Å². The molecule has 7 rings (SSSR count). The Bertz CT molecular complexity index is 2290. The number of carbonyl (C=O) groups is 3. The summed E-state index contributed by atoms with van der Waals surface area (Å²) in [6.07, 6.45) is 0.989. The largest absolute Gasteiger partial charge is 0.342 e. The van der Waals surface area contributed by atoms with Crippen molar-refractivity contribution in [1.82, 2.24) is 4.90 Å². The first kappa shape index (κ1) is 32.2. The summed E-state index contributed by atoms with van der Waals surface area (Å²) in [6.45, 7) is 0.886. The second-order valence-corrected chi connectivity index (χ2v) is 14.1. The van der Waals surface area contributed by atoms with Crippen LogP contribution >= 0.6 is 7.60 Å². The second-order valence-electron chi connectivity index (χ2n) is 12.4. The highest BCUT2D eigenvalue weighted by Gasteiger charge is 2.38. The molecule has 1 heterocycles. The average molecular weight is 672 g/mol. The van der Waals surface area contributed by atoms with Crippen molar-refractivity contribution in [2.45, 2.75) is 18.5 Å². The average Bonchev–Trinajstić information content (AvgIpc) is 3.11. The second kappa shape index (κ2) is 13.3. The van der Waals surface area contributed by atoms with Crippen molar-refractivity contribution in [2.75, 3.05) is 23.7 Å². The van der Waals surface area contributed by atoms with Gasteiger partial charge in [0.05, 0.1) is 5.69 Å². The fourth-order valence-electron chi connectivity index (χ4n) is 6.75. The van der Waals surface area contributed by atoms with E-state index >= 15 is 0 Å². The van der Waals surface area contributed by atoms with Gasteiger partial charge in [-0.15, -0.1) is 0 Å². The molecule has 1 fully saturated rings. The van der Waals surface area contributed by atoms with Crippen LogP contribution in [-0.4, -0.2) is 45.5 Å². The highest BCUT2D eigenvalue weighted by atomic mass is 31.2. The Labute approximate surface area is 282 Å². The quantitative estimate of drug-likeness (QED) is 0.130. The Balaban J connectivity index is 1.08. The van der Waals surface area contributed by atoms with E-state index in [1.165, 1.54) is 0 Å². The zero-order valence-corrected chi connectivity index (χ0v) is 27.3. The summed E-state index contributed by atoms with van der Waals surface area (Å²) in [5, 5.41) is 10.6. The maximum atomic E-state index is 13.7. The van der Waals surface area contributed by atoms with E-state index in [0.717, 1.165) is 26.9 Å². The molecule has 9 nitrogen and oxygen atoms in total. The monoisotopic (exact) mass is 671 g/mol. The van der Waals surface area contributed by atoms with E-state index in [0.29, 0.717) is 42.6 Å². The molecule has 0 saturated carbocycles. The number of nitrogens with zero attached hydrogens (tertiary/aromatic N) is 1. The van der Waals surface area contributed by atoms with Gasteiger partial charge < -0.3 is 25.3 Å². The lowest BCUT2D eigenvalue weighted by molar-refractivity contribution is -0.121. The fourth-order valence-corrected chi connectivity index (χ4v) is 7.70. The first-order valence-electron chi connectivity index (χ1n) is 16.1. The molecule has 0 bridgehead atoms. The van der Waals surface area contributed by atoms with Crippen LogP contribution < -0.4 is 10.6 Å². The van der Waals surface area contributed by atoms with Crippen LogP contribution in [0.4, 0.5) is 11.4 Å². The minimum atomic E-state index is -4.95. The number of hydrogen-bond donors (Lipinski definition) is 4. The van der Waals surface area contributed by atoms with Crippen LogP contribution in [-0.2, 0) is 14.2 Å². The molecule has 0 aromatic heterocycles. The molecule has 246 valence electrons. The van der Waals surface area contributed by atoms with Crippen LogP contribution in [0.1, 0.15) is 34.4 Å². The van der Waals surface area contributed by atoms with Crippen molar-refractivity contribution in [2.24, 2.45) is 5.92 Å². The van der Waals surface area contributed by atoms with Gasteiger partial charge in [0, 0.05) is 35.6 Å². The van der Waals surface area contributed by atoms with Gasteiger partial charge in [0.2, 0.25) is 11.8 Å². The number of hydrogen-bond acceptors (Lipinski definition) is 4. The predicted octanol–water partition coefficient (Wildman–Crippen LogP) is 7.49. The lowest BCUT2D eigenvalue weighted by Crippen LogP contribution is -2.41. The maximum absolute atomic E-state index is 13.7. The molecule has 1 aliphatic rings. The van der Waals surface area contributed by atoms with E-state index in [-0.39, 0.29) is 29.0 Å². The highest BCUT2D eigenvalue weighted by molar-refractivity contribution is 7.53. The molecule has 49 heavy (non-hydrogen) atoms. The third-order valence-corrected chi connectivity index (χ3v) is 10.4. The molecule has 1 saturated heterocycles. The Morgan fingerprint density at radius 1 is 0.673 bits per heavy atom. The smallest absolute Gasteiger partial charge is 0.339 e. The van der Waals surface area contributed by atoms with E-state index in [1.807, 2.05) is 84.9 Å². The van der Waals surface area contributed by atoms with Crippen LogP contribution in [0.5, 0.6) is 0 Å². The van der Waals surface area contributed by atoms with Crippen molar-refractivity contribution in [1.29, 1.82) is 0 Å². The Morgan fingerprint density at radius 2 is 1.31 bits per heavy atom. The topological polar surface area (TPSA) is 136 Å². The molecule has 10 heteroatoms. The van der Waals surface area contributed by atoms with Crippen LogP contribution in [0.2, 0.25) is 0 Å². The highest BCUT2D eigenvalue weighted by Crippen LogP contribution is 2.53. The van der Waals surface area contributed by atoms with Gasteiger partial charge in [-0.2, -0.15) is 0 Å². The van der Waals surface area contributed by atoms with Crippen molar-refractivity contribution in [3.8, 4) is 0 Å². The lowest BCUT2D eigenvalue weighted by Gasteiger charge is -2.31. The molecule has 6 aromatic rings. The summed E-state index contributed by atoms with van der Waals surface area (Å²) in [4.78, 5) is 63.0. The number of carbonyl (C=O) groups excluding carboxylic acids is 3. The Hall–Kier alpha value is -5.34. The number of piperidine rings is 1. The minimum absolute atomic E-state index is 0.0591. The normalized spacial score (nSPS) is 14.5. The summed E-state index contributed by atoms with van der Waals surface area (Å²) in [5.74, 6) is -1.45. The molecule has 1 aliphatic heterocycles. The van der Waals surface area contributed by atoms with Crippen LogP contribution in [0, 0.1) is 5.92 Å². The number of amides is 3. The molecule has 6 aromatic carbocycles. The first-order chi connectivity index (χ1) is 23.7. The number of likely N-dealkylation sites (tertiary alicyclic amines) is 1. The molecule has 0 spiro atoms. The molecule has 3 amide bonds. The fraction of sp³-hybridized carbons (Fsp3) is 0.154. The van der Waals surface area contributed by atoms with Gasteiger partial charge in [-0.1, -0.05) is 97.1 Å². The molecule has 1 unspecified atom stereocenters. The first-order valence-corrected chi connectivity index (χ1v) is 17.8. The van der Waals surface area contributed by atoms with Crippen molar-refractivity contribution < 1.29 is 28.7 Å². The van der Waals surface area contributed by atoms with Gasteiger partial charge in [-0.25, -0.2) is 0 Å². The number of fused-ring (bicyclic) bond motifs is 3. The number of nitrogens with one attached hydrogen (secondary N) is 2.